The number of aromatic nitrogens is 2. The second-order valence-corrected chi connectivity index (χ2v) is 9.74. The Morgan fingerprint density at radius 1 is 1.13 bits per heavy atom. The minimum Gasteiger partial charge on any atom is -0.497 e. The van der Waals surface area contributed by atoms with Crippen molar-refractivity contribution in [2.24, 2.45) is 5.92 Å². The summed E-state index contributed by atoms with van der Waals surface area (Å²) in [5, 5.41) is 7.07. The van der Waals surface area contributed by atoms with Gasteiger partial charge in [0.25, 0.3) is 5.91 Å². The first-order valence-electron chi connectivity index (χ1n) is 12.8. The van der Waals surface area contributed by atoms with Crippen LogP contribution in [0.4, 0.5) is 10.1 Å². The number of rotatable bonds is 8. The molecular formula is C30H31FN4O3. The number of anilines is 1. The fourth-order valence-corrected chi connectivity index (χ4v) is 4.88. The lowest BCUT2D eigenvalue weighted by Gasteiger charge is -2.32. The number of benzene rings is 3. The summed E-state index contributed by atoms with van der Waals surface area (Å²) in [6, 6.07) is 19.6. The van der Waals surface area contributed by atoms with Crippen molar-refractivity contribution in [3.63, 3.8) is 0 Å². The monoisotopic (exact) mass is 514 g/mol. The van der Waals surface area contributed by atoms with E-state index in [1.54, 1.807) is 37.4 Å². The average molecular weight is 515 g/mol. The van der Waals surface area contributed by atoms with Crippen molar-refractivity contribution in [2.75, 3.05) is 25.5 Å². The quantitative estimate of drug-likeness (QED) is 0.315. The van der Waals surface area contributed by atoms with Crippen LogP contribution in [0, 0.1) is 18.7 Å². The van der Waals surface area contributed by atoms with Crippen LogP contribution >= 0.6 is 0 Å². The molecule has 0 radical (unpaired) electrons. The van der Waals surface area contributed by atoms with Crippen molar-refractivity contribution >= 4 is 11.6 Å². The zero-order valence-electron chi connectivity index (χ0n) is 21.6. The highest BCUT2D eigenvalue weighted by molar-refractivity contribution is 6.04. The van der Waals surface area contributed by atoms with Crippen molar-refractivity contribution in [1.29, 1.82) is 0 Å². The summed E-state index contributed by atoms with van der Waals surface area (Å²) < 4.78 is 24.7. The van der Waals surface area contributed by atoms with E-state index in [1.807, 2.05) is 37.3 Å². The second kappa shape index (κ2) is 11.6. The largest absolute Gasteiger partial charge is 0.497 e. The van der Waals surface area contributed by atoms with E-state index in [4.69, 9.17) is 9.26 Å². The topological polar surface area (TPSA) is 80.5 Å². The van der Waals surface area contributed by atoms with Gasteiger partial charge in [-0.3, -0.25) is 9.69 Å². The number of likely N-dealkylation sites (tertiary alicyclic amines) is 1. The Morgan fingerprint density at radius 2 is 1.92 bits per heavy atom. The molecule has 5 rings (SSSR count). The summed E-state index contributed by atoms with van der Waals surface area (Å²) in [6.45, 7) is 4.50. The van der Waals surface area contributed by atoms with Crippen LogP contribution in [0.2, 0.25) is 0 Å². The average Bonchev–Trinajstić information content (AvgIpc) is 3.40. The minimum absolute atomic E-state index is 0.151. The third-order valence-electron chi connectivity index (χ3n) is 7.06. The molecule has 196 valence electrons. The number of halogens is 1. The highest BCUT2D eigenvalue weighted by Gasteiger charge is 2.23. The molecule has 1 aliphatic heterocycles. The van der Waals surface area contributed by atoms with Crippen LogP contribution in [0.25, 0.3) is 11.4 Å². The third-order valence-corrected chi connectivity index (χ3v) is 7.06. The van der Waals surface area contributed by atoms with Crippen molar-refractivity contribution in [3.8, 4) is 17.1 Å². The number of amides is 1. The van der Waals surface area contributed by atoms with Crippen molar-refractivity contribution in [3.05, 3.63) is 95.1 Å². The van der Waals surface area contributed by atoms with Gasteiger partial charge in [-0.2, -0.15) is 4.98 Å². The number of methoxy groups -OCH3 is 1. The highest BCUT2D eigenvalue weighted by atomic mass is 19.1. The number of ether oxygens (including phenoxy) is 1. The normalized spacial score (nSPS) is 15.8. The standard InChI is InChI=1S/C30H31FN4O3/c1-20-24(6-3-7-27(20)31)19-35-16-4-5-21(18-35)17-28-33-29(34-38-28)22-8-12-25(13-9-22)32-30(36)23-10-14-26(37-2)15-11-23/h3,6-15,21H,4-5,16-19H2,1-2H3,(H,32,36). The Morgan fingerprint density at radius 3 is 2.68 bits per heavy atom. The van der Waals surface area contributed by atoms with Gasteiger partial charge in [-0.25, -0.2) is 4.39 Å². The van der Waals surface area contributed by atoms with E-state index in [0.717, 1.165) is 49.2 Å². The van der Waals surface area contributed by atoms with Gasteiger partial charge in [-0.05, 0) is 98.0 Å². The van der Waals surface area contributed by atoms with Crippen LogP contribution in [-0.2, 0) is 13.0 Å². The summed E-state index contributed by atoms with van der Waals surface area (Å²) in [5.74, 6) is 1.90. The molecule has 1 aliphatic rings. The Labute approximate surface area is 221 Å². The number of carbonyl (C=O) groups is 1. The van der Waals surface area contributed by atoms with Crippen LogP contribution in [0.1, 0.15) is 40.2 Å². The van der Waals surface area contributed by atoms with Crippen LogP contribution in [0.5, 0.6) is 5.75 Å². The van der Waals surface area contributed by atoms with Crippen molar-refractivity contribution < 1.29 is 18.4 Å². The Balaban J connectivity index is 1.17. The van der Waals surface area contributed by atoms with Gasteiger partial charge >= 0.3 is 0 Å². The molecular weight excluding hydrogens is 483 g/mol. The van der Waals surface area contributed by atoms with Gasteiger partial charge in [0.1, 0.15) is 11.6 Å². The summed E-state index contributed by atoms with van der Waals surface area (Å²) in [7, 11) is 1.59. The molecule has 1 fully saturated rings. The molecule has 1 aromatic heterocycles. The van der Waals surface area contributed by atoms with Crippen LogP contribution in [0.3, 0.4) is 0 Å². The summed E-state index contributed by atoms with van der Waals surface area (Å²) in [4.78, 5) is 19.5. The van der Waals surface area contributed by atoms with Crippen LogP contribution in [-0.4, -0.2) is 41.1 Å². The summed E-state index contributed by atoms with van der Waals surface area (Å²) in [5.41, 5.74) is 3.80. The molecule has 7 nitrogen and oxygen atoms in total. The van der Waals surface area contributed by atoms with E-state index in [9.17, 15) is 9.18 Å². The number of hydrogen-bond acceptors (Lipinski definition) is 6. The van der Waals surface area contributed by atoms with Crippen LogP contribution < -0.4 is 10.1 Å². The maximum Gasteiger partial charge on any atom is 0.255 e. The Bertz CT molecular complexity index is 1390. The molecule has 0 saturated carbocycles. The Hall–Kier alpha value is -4.04. The summed E-state index contributed by atoms with van der Waals surface area (Å²) >= 11 is 0. The predicted octanol–water partition coefficient (Wildman–Crippen LogP) is 5.90. The maximum atomic E-state index is 13.9. The molecule has 8 heteroatoms. The fourth-order valence-electron chi connectivity index (χ4n) is 4.88. The van der Waals surface area contributed by atoms with Crippen molar-refractivity contribution in [1.82, 2.24) is 15.0 Å². The second-order valence-electron chi connectivity index (χ2n) is 9.74. The molecule has 0 spiro atoms. The molecule has 0 aliphatic carbocycles. The first kappa shape index (κ1) is 25.6. The van der Waals surface area contributed by atoms with Gasteiger partial charge < -0.3 is 14.6 Å². The lowest BCUT2D eigenvalue weighted by molar-refractivity contribution is 0.102. The smallest absolute Gasteiger partial charge is 0.255 e. The van der Waals surface area contributed by atoms with Crippen LogP contribution in [0.15, 0.2) is 71.3 Å². The summed E-state index contributed by atoms with van der Waals surface area (Å²) in [6.07, 6.45) is 2.89. The third kappa shape index (κ3) is 6.08. The first-order chi connectivity index (χ1) is 18.5. The van der Waals surface area contributed by atoms with Gasteiger partial charge in [-0.15, -0.1) is 0 Å². The van der Waals surface area contributed by atoms with Gasteiger partial charge in [0.2, 0.25) is 11.7 Å². The molecule has 1 atom stereocenters. The lowest BCUT2D eigenvalue weighted by atomic mass is 9.94. The minimum atomic E-state index is -0.198. The predicted molar refractivity (Wildman–Crippen MR) is 144 cm³/mol. The zero-order chi connectivity index (χ0) is 26.5. The number of piperidine rings is 1. The maximum absolute atomic E-state index is 13.9. The molecule has 1 unspecified atom stereocenters. The zero-order valence-corrected chi connectivity index (χ0v) is 21.6. The van der Waals surface area contributed by atoms with Gasteiger partial charge in [0.05, 0.1) is 7.11 Å². The Kier molecular flexibility index (Phi) is 7.79. The van der Waals surface area contributed by atoms with Gasteiger partial charge in [0, 0.05) is 36.3 Å². The molecule has 4 aromatic rings. The van der Waals surface area contributed by atoms with E-state index >= 15 is 0 Å². The number of nitrogens with zero attached hydrogens (tertiary/aromatic N) is 3. The lowest BCUT2D eigenvalue weighted by Crippen LogP contribution is -2.36. The fraction of sp³-hybridized carbons (Fsp3) is 0.300. The molecule has 1 saturated heterocycles. The SMILES string of the molecule is COc1ccc(C(=O)Nc2ccc(-c3noc(CC4CCCN(Cc5cccc(F)c5C)C4)n3)cc2)cc1. The van der Waals surface area contributed by atoms with E-state index in [0.29, 0.717) is 41.1 Å². The van der Waals surface area contributed by atoms with Gasteiger partial charge in [0.15, 0.2) is 0 Å². The number of hydrogen-bond donors (Lipinski definition) is 1. The van der Waals surface area contributed by atoms with Crippen molar-refractivity contribution in [2.45, 2.75) is 32.7 Å². The molecule has 3 aromatic carbocycles. The van der Waals surface area contributed by atoms with E-state index in [1.165, 1.54) is 6.07 Å². The van der Waals surface area contributed by atoms with E-state index in [2.05, 4.69) is 20.4 Å². The molecule has 0 bridgehead atoms. The molecule has 2 heterocycles. The van der Waals surface area contributed by atoms with Gasteiger partial charge in [-0.1, -0.05) is 17.3 Å². The molecule has 1 amide bonds. The number of nitrogens with one attached hydrogen (secondary N) is 1. The first-order valence-corrected chi connectivity index (χ1v) is 12.8. The highest BCUT2D eigenvalue weighted by Crippen LogP contribution is 2.25. The molecule has 1 N–H and O–H groups in total. The number of carbonyl (C=O) groups excluding carboxylic acids is 1. The molecule has 38 heavy (non-hydrogen) atoms. The van der Waals surface area contributed by atoms with E-state index in [-0.39, 0.29) is 11.7 Å². The van der Waals surface area contributed by atoms with E-state index < -0.39 is 0 Å².